The zero-order valence-electron chi connectivity index (χ0n) is 8.23. The van der Waals surface area contributed by atoms with Crippen LogP contribution in [0.25, 0.3) is 0 Å². The highest BCUT2D eigenvalue weighted by Crippen LogP contribution is 2.31. The van der Waals surface area contributed by atoms with Crippen molar-refractivity contribution >= 4 is 15.9 Å². The summed E-state index contributed by atoms with van der Waals surface area (Å²) in [6, 6.07) is 0. The van der Waals surface area contributed by atoms with Crippen LogP contribution >= 0.6 is 15.9 Å². The van der Waals surface area contributed by atoms with Gasteiger partial charge in [-0.2, -0.15) is 13.2 Å². The van der Waals surface area contributed by atoms with Gasteiger partial charge in [0.15, 0.2) is 0 Å². The molecular formula is C9H11BrF3NO. The normalized spacial score (nSPS) is 26.5. The smallest absolute Gasteiger partial charge is 0.351 e. The zero-order valence-corrected chi connectivity index (χ0v) is 9.82. The van der Waals surface area contributed by atoms with Gasteiger partial charge in [0.1, 0.15) is 0 Å². The Morgan fingerprint density at radius 1 is 1.47 bits per heavy atom. The number of dihydropyridines is 1. The molecule has 0 aromatic carbocycles. The average molecular weight is 286 g/mol. The van der Waals surface area contributed by atoms with E-state index >= 15 is 0 Å². The molecule has 1 N–H and O–H groups in total. The molecule has 1 aliphatic heterocycles. The molecule has 0 aromatic rings. The quantitative estimate of drug-likeness (QED) is 0.622. The maximum Gasteiger partial charge on any atom is 0.417 e. The fraction of sp³-hybridized carbons (Fsp3) is 0.556. The third-order valence-electron chi connectivity index (χ3n) is 1.64. The summed E-state index contributed by atoms with van der Waals surface area (Å²) in [5, 5.41) is 2.51. The maximum absolute atomic E-state index is 12.2. The van der Waals surface area contributed by atoms with Crippen molar-refractivity contribution < 1.29 is 17.9 Å². The van der Waals surface area contributed by atoms with Crippen molar-refractivity contribution in [1.82, 2.24) is 5.32 Å². The van der Waals surface area contributed by atoms with Crippen LogP contribution in [0.15, 0.2) is 23.9 Å². The van der Waals surface area contributed by atoms with E-state index in [0.717, 1.165) is 12.3 Å². The first-order valence-corrected chi connectivity index (χ1v) is 5.13. The molecule has 0 aliphatic carbocycles. The van der Waals surface area contributed by atoms with Crippen LogP contribution in [0.3, 0.4) is 0 Å². The third kappa shape index (κ3) is 3.53. The van der Waals surface area contributed by atoms with E-state index in [1.54, 1.807) is 13.8 Å². The van der Waals surface area contributed by atoms with E-state index in [2.05, 4.69) is 21.2 Å². The van der Waals surface area contributed by atoms with E-state index in [4.69, 9.17) is 4.74 Å². The maximum atomic E-state index is 12.2. The Hall–Kier alpha value is -0.490. The minimum atomic E-state index is -4.34. The molecule has 1 atom stereocenters. The van der Waals surface area contributed by atoms with Gasteiger partial charge >= 0.3 is 6.18 Å². The van der Waals surface area contributed by atoms with Gasteiger partial charge in [0, 0.05) is 6.20 Å². The van der Waals surface area contributed by atoms with Gasteiger partial charge in [-0.1, -0.05) is 0 Å². The molecular weight excluding hydrogens is 275 g/mol. The van der Waals surface area contributed by atoms with Crippen LogP contribution in [-0.4, -0.2) is 16.9 Å². The van der Waals surface area contributed by atoms with Crippen LogP contribution in [0.5, 0.6) is 0 Å². The van der Waals surface area contributed by atoms with Crippen LogP contribution in [-0.2, 0) is 4.74 Å². The van der Waals surface area contributed by atoms with Crippen LogP contribution in [0.1, 0.15) is 13.8 Å². The Morgan fingerprint density at radius 3 is 2.40 bits per heavy atom. The lowest BCUT2D eigenvalue weighted by atomic mass is 10.2. The number of rotatable bonds is 2. The Bertz CT molecular complexity index is 298. The van der Waals surface area contributed by atoms with E-state index in [1.165, 1.54) is 6.08 Å². The molecule has 2 nitrogen and oxygen atoms in total. The summed E-state index contributed by atoms with van der Waals surface area (Å²) in [4.78, 5) is 0. The van der Waals surface area contributed by atoms with Crippen molar-refractivity contribution in [2.24, 2.45) is 0 Å². The molecule has 6 heteroatoms. The van der Waals surface area contributed by atoms with Gasteiger partial charge in [0.2, 0.25) is 4.63 Å². The Balaban J connectivity index is 2.71. The van der Waals surface area contributed by atoms with Gasteiger partial charge in [-0.15, -0.1) is 0 Å². The minimum Gasteiger partial charge on any atom is -0.351 e. The van der Waals surface area contributed by atoms with Crippen molar-refractivity contribution in [3.63, 3.8) is 0 Å². The molecule has 0 aromatic heterocycles. The van der Waals surface area contributed by atoms with Crippen molar-refractivity contribution in [3.05, 3.63) is 23.9 Å². The van der Waals surface area contributed by atoms with Gasteiger partial charge in [-0.3, -0.25) is 0 Å². The molecule has 0 amide bonds. The molecule has 1 rings (SSSR count). The summed E-state index contributed by atoms with van der Waals surface area (Å²) in [5.74, 6) is 0. The second kappa shape index (κ2) is 4.17. The summed E-state index contributed by atoms with van der Waals surface area (Å²) in [7, 11) is 0. The van der Waals surface area contributed by atoms with E-state index in [-0.39, 0.29) is 6.10 Å². The second-order valence-corrected chi connectivity index (χ2v) is 4.56. The molecule has 0 saturated carbocycles. The van der Waals surface area contributed by atoms with E-state index in [9.17, 15) is 13.2 Å². The summed E-state index contributed by atoms with van der Waals surface area (Å²) in [6.07, 6.45) is -1.29. The first kappa shape index (κ1) is 12.6. The molecule has 0 bridgehead atoms. The fourth-order valence-electron chi connectivity index (χ4n) is 1.06. The summed E-state index contributed by atoms with van der Waals surface area (Å²) in [6.45, 7) is 3.59. The van der Waals surface area contributed by atoms with Crippen molar-refractivity contribution in [2.75, 3.05) is 0 Å². The molecule has 1 heterocycles. The Kier molecular flexibility index (Phi) is 3.50. The lowest BCUT2D eigenvalue weighted by Gasteiger charge is -2.30. The van der Waals surface area contributed by atoms with Crippen molar-refractivity contribution in [2.45, 2.75) is 30.8 Å². The molecule has 0 saturated heterocycles. The molecule has 0 spiro atoms. The topological polar surface area (TPSA) is 21.3 Å². The number of nitrogens with one attached hydrogen (secondary N) is 1. The highest BCUT2D eigenvalue weighted by Gasteiger charge is 2.36. The lowest BCUT2D eigenvalue weighted by Crippen LogP contribution is -2.41. The summed E-state index contributed by atoms with van der Waals surface area (Å²) in [5.41, 5.74) is -0.732. The van der Waals surface area contributed by atoms with Gasteiger partial charge < -0.3 is 10.1 Å². The predicted molar refractivity (Wildman–Crippen MR) is 54.3 cm³/mol. The van der Waals surface area contributed by atoms with Crippen LogP contribution < -0.4 is 5.32 Å². The monoisotopic (exact) mass is 285 g/mol. The van der Waals surface area contributed by atoms with Gasteiger partial charge in [0.05, 0.1) is 11.7 Å². The highest BCUT2D eigenvalue weighted by molar-refractivity contribution is 9.10. The molecule has 1 unspecified atom stereocenters. The van der Waals surface area contributed by atoms with Crippen molar-refractivity contribution in [1.29, 1.82) is 0 Å². The van der Waals surface area contributed by atoms with E-state index in [1.807, 2.05) is 0 Å². The van der Waals surface area contributed by atoms with Gasteiger partial charge in [-0.25, -0.2) is 0 Å². The van der Waals surface area contributed by atoms with Crippen LogP contribution in [0, 0.1) is 0 Å². The average Bonchev–Trinajstić information content (AvgIpc) is 2.00. The van der Waals surface area contributed by atoms with Crippen LogP contribution in [0.4, 0.5) is 13.2 Å². The van der Waals surface area contributed by atoms with Crippen LogP contribution in [0.2, 0.25) is 0 Å². The number of allylic oxidation sites excluding steroid dienone is 2. The van der Waals surface area contributed by atoms with E-state index in [0.29, 0.717) is 0 Å². The zero-order chi connectivity index (χ0) is 11.7. The molecule has 0 fully saturated rings. The number of hydrogen-bond donors (Lipinski definition) is 1. The fourth-order valence-corrected chi connectivity index (χ4v) is 1.68. The highest BCUT2D eigenvalue weighted by atomic mass is 79.9. The Labute approximate surface area is 94.3 Å². The summed E-state index contributed by atoms with van der Waals surface area (Å²) < 4.78 is 41.0. The minimum absolute atomic E-state index is 0.109. The van der Waals surface area contributed by atoms with E-state index < -0.39 is 16.4 Å². The Morgan fingerprint density at radius 2 is 2.07 bits per heavy atom. The number of alkyl halides is 4. The molecule has 15 heavy (non-hydrogen) atoms. The summed E-state index contributed by atoms with van der Waals surface area (Å²) >= 11 is 3.16. The number of halogens is 4. The SMILES string of the molecule is CC(C)OC1(Br)C=CC(C(F)(F)F)=CN1. The van der Waals surface area contributed by atoms with Crippen molar-refractivity contribution in [3.8, 4) is 0 Å². The number of hydrogen-bond acceptors (Lipinski definition) is 2. The lowest BCUT2D eigenvalue weighted by molar-refractivity contribution is -0.0898. The molecule has 0 radical (unpaired) electrons. The second-order valence-electron chi connectivity index (χ2n) is 3.39. The van der Waals surface area contributed by atoms with Gasteiger partial charge in [-0.05, 0) is 41.9 Å². The van der Waals surface area contributed by atoms with Gasteiger partial charge in [0.25, 0.3) is 0 Å². The first-order chi connectivity index (χ1) is 6.73. The predicted octanol–water partition coefficient (Wildman–Crippen LogP) is 3.07. The first-order valence-electron chi connectivity index (χ1n) is 4.34. The third-order valence-corrected chi connectivity index (χ3v) is 2.32. The standard InChI is InChI=1S/C9H11BrF3NO/c1-6(2)15-8(10)4-3-7(5-14-8)9(11,12)13/h3-6,14H,1-2H3. The number of ether oxygens (including phenoxy) is 1. The molecule has 1 aliphatic rings. The molecule has 86 valence electrons. The largest absolute Gasteiger partial charge is 0.417 e.